The molecule has 0 aliphatic rings. The molecule has 0 heterocycles. The largest absolute Gasteiger partial charge is 0.479 e. The second-order valence-corrected chi connectivity index (χ2v) is 4.05. The van der Waals surface area contributed by atoms with Crippen LogP contribution in [-0.2, 0) is 0 Å². The van der Waals surface area contributed by atoms with Gasteiger partial charge in [-0.3, -0.25) is 0 Å². The van der Waals surface area contributed by atoms with Crippen molar-refractivity contribution in [1.29, 1.82) is 5.26 Å². The lowest BCUT2D eigenvalue weighted by Gasteiger charge is -2.08. The molecule has 0 saturated carbocycles. The van der Waals surface area contributed by atoms with E-state index < -0.39 is 0 Å². The van der Waals surface area contributed by atoms with E-state index in [1.54, 1.807) is 0 Å². The molecule has 1 N–H and O–H groups in total. The first-order valence-corrected chi connectivity index (χ1v) is 5.58. The van der Waals surface area contributed by atoms with Crippen LogP contribution in [0, 0.1) is 17.2 Å². The number of nitriles is 1. The number of hydrogen-bond donors (Lipinski definition) is 1. The molecule has 0 unspecified atom stereocenters. The maximum atomic E-state index is 9.20. The Morgan fingerprint density at radius 1 is 1.41 bits per heavy atom. The second-order valence-electron chi connectivity index (χ2n) is 4.05. The van der Waals surface area contributed by atoms with Crippen LogP contribution in [0.3, 0.4) is 0 Å². The molecule has 0 bridgehead atoms. The number of ether oxygens (including phenoxy) is 1. The maximum Gasteiger partial charge on any atom is 0.174 e. The monoisotopic (exact) mass is 231 g/mol. The van der Waals surface area contributed by atoms with Crippen molar-refractivity contribution < 1.29 is 9.84 Å². The van der Waals surface area contributed by atoms with Gasteiger partial charge in [-0.25, -0.2) is 0 Å². The highest BCUT2D eigenvalue weighted by molar-refractivity contribution is 5.54. The van der Waals surface area contributed by atoms with Crippen LogP contribution in [0.4, 0.5) is 0 Å². The van der Waals surface area contributed by atoms with Gasteiger partial charge < -0.3 is 9.84 Å². The first-order chi connectivity index (χ1) is 8.17. The number of rotatable bonds is 5. The van der Waals surface area contributed by atoms with Gasteiger partial charge >= 0.3 is 0 Å². The number of nitrogens with zero attached hydrogens (tertiary/aromatic N) is 1. The van der Waals surface area contributed by atoms with Crippen molar-refractivity contribution >= 4 is 6.08 Å². The lowest BCUT2D eigenvalue weighted by Crippen LogP contribution is -1.98. The van der Waals surface area contributed by atoms with E-state index in [0.717, 1.165) is 11.1 Å². The number of benzene rings is 1. The maximum absolute atomic E-state index is 9.20. The van der Waals surface area contributed by atoms with E-state index in [9.17, 15) is 5.11 Å². The molecule has 0 spiro atoms. The smallest absolute Gasteiger partial charge is 0.174 e. The molecule has 0 fully saturated rings. The lowest BCUT2D eigenvalue weighted by atomic mass is 10.0. The highest BCUT2D eigenvalue weighted by atomic mass is 16.5. The summed E-state index contributed by atoms with van der Waals surface area (Å²) in [6.07, 6.45) is 1.97. The first-order valence-electron chi connectivity index (χ1n) is 5.58. The molecule has 0 atom stereocenters. The zero-order valence-electron chi connectivity index (χ0n) is 10.2. The van der Waals surface area contributed by atoms with Gasteiger partial charge in [-0.2, -0.15) is 5.26 Å². The van der Waals surface area contributed by atoms with Gasteiger partial charge in [0.15, 0.2) is 6.61 Å². The minimum absolute atomic E-state index is 0.0586. The van der Waals surface area contributed by atoms with Crippen molar-refractivity contribution in [3.05, 3.63) is 35.4 Å². The molecule has 0 saturated heterocycles. The second kappa shape index (κ2) is 6.72. The Morgan fingerprint density at radius 3 is 2.53 bits per heavy atom. The predicted octanol–water partition coefficient (Wildman–Crippen LogP) is 2.62. The third kappa shape index (κ3) is 4.29. The van der Waals surface area contributed by atoms with Crippen molar-refractivity contribution in [2.45, 2.75) is 13.8 Å². The third-order valence-electron chi connectivity index (χ3n) is 2.46. The van der Waals surface area contributed by atoms with Crippen LogP contribution in [0.1, 0.15) is 19.4 Å². The zero-order chi connectivity index (χ0) is 12.7. The highest BCUT2D eigenvalue weighted by Crippen LogP contribution is 2.17. The summed E-state index contributed by atoms with van der Waals surface area (Å²) in [5.41, 5.74) is 2.02. The zero-order valence-corrected chi connectivity index (χ0v) is 10.2. The van der Waals surface area contributed by atoms with Crippen LogP contribution in [0.15, 0.2) is 29.8 Å². The molecule has 0 aromatic heterocycles. The summed E-state index contributed by atoms with van der Waals surface area (Å²) in [5, 5.41) is 17.6. The molecule has 0 radical (unpaired) electrons. The summed E-state index contributed by atoms with van der Waals surface area (Å²) in [6, 6.07) is 9.37. The van der Waals surface area contributed by atoms with E-state index in [-0.39, 0.29) is 13.2 Å². The Balaban J connectivity index is 2.77. The van der Waals surface area contributed by atoms with Crippen molar-refractivity contribution in [2.75, 3.05) is 13.2 Å². The summed E-state index contributed by atoms with van der Waals surface area (Å²) in [5.74, 6) is 1.01. The highest BCUT2D eigenvalue weighted by Gasteiger charge is 2.01. The molecule has 0 aliphatic heterocycles. The fourth-order valence-corrected chi connectivity index (χ4v) is 1.38. The fourth-order valence-electron chi connectivity index (χ4n) is 1.38. The Hall–Kier alpha value is -1.79. The van der Waals surface area contributed by atoms with Crippen LogP contribution in [0.2, 0.25) is 0 Å². The Kier molecular flexibility index (Phi) is 5.25. The van der Waals surface area contributed by atoms with E-state index in [4.69, 9.17) is 10.00 Å². The van der Waals surface area contributed by atoms with Crippen LogP contribution < -0.4 is 4.74 Å². The standard InChI is InChI=1S/C14H17NO2/c1-11(2)13(10-16)9-12-3-5-14(6-4-12)17-8-7-15/h3-6,9,11,16H,8,10H2,1-2H3. The van der Waals surface area contributed by atoms with Crippen molar-refractivity contribution in [1.82, 2.24) is 0 Å². The minimum atomic E-state index is 0.0586. The van der Waals surface area contributed by atoms with Crippen LogP contribution in [0.25, 0.3) is 6.08 Å². The van der Waals surface area contributed by atoms with Gasteiger partial charge in [-0.1, -0.05) is 32.1 Å². The Morgan fingerprint density at radius 2 is 2.06 bits per heavy atom. The van der Waals surface area contributed by atoms with Crippen molar-refractivity contribution in [3.63, 3.8) is 0 Å². The first kappa shape index (κ1) is 13.3. The molecule has 3 nitrogen and oxygen atoms in total. The summed E-state index contributed by atoms with van der Waals surface area (Å²) in [4.78, 5) is 0. The van der Waals surface area contributed by atoms with Gasteiger partial charge in [0.25, 0.3) is 0 Å². The van der Waals surface area contributed by atoms with Crippen LogP contribution in [0.5, 0.6) is 5.75 Å². The van der Waals surface area contributed by atoms with Gasteiger partial charge in [-0.15, -0.1) is 0 Å². The topological polar surface area (TPSA) is 53.2 Å². The number of aliphatic hydroxyl groups is 1. The van der Waals surface area contributed by atoms with E-state index in [1.807, 2.05) is 50.3 Å². The van der Waals surface area contributed by atoms with Gasteiger partial charge in [0.2, 0.25) is 0 Å². The van der Waals surface area contributed by atoms with Gasteiger partial charge in [0.1, 0.15) is 11.8 Å². The van der Waals surface area contributed by atoms with E-state index in [1.165, 1.54) is 0 Å². The molecule has 3 heteroatoms. The third-order valence-corrected chi connectivity index (χ3v) is 2.46. The van der Waals surface area contributed by atoms with E-state index >= 15 is 0 Å². The molecule has 0 amide bonds. The molecule has 0 aliphatic carbocycles. The van der Waals surface area contributed by atoms with Crippen molar-refractivity contribution in [3.8, 4) is 11.8 Å². The quantitative estimate of drug-likeness (QED) is 0.847. The van der Waals surface area contributed by atoms with Gasteiger partial charge in [-0.05, 0) is 29.2 Å². The fraction of sp³-hybridized carbons (Fsp3) is 0.357. The number of aliphatic hydroxyl groups excluding tert-OH is 1. The molecule has 17 heavy (non-hydrogen) atoms. The SMILES string of the molecule is CC(C)C(=Cc1ccc(OCC#N)cc1)CO. The van der Waals surface area contributed by atoms with Crippen molar-refractivity contribution in [2.24, 2.45) is 5.92 Å². The summed E-state index contributed by atoms with van der Waals surface area (Å²) < 4.78 is 5.16. The van der Waals surface area contributed by atoms with Crippen LogP contribution >= 0.6 is 0 Å². The summed E-state index contributed by atoms with van der Waals surface area (Å²) >= 11 is 0. The average Bonchev–Trinajstić information content (AvgIpc) is 2.34. The predicted molar refractivity (Wildman–Crippen MR) is 67.5 cm³/mol. The Bertz CT molecular complexity index is 413. The average molecular weight is 231 g/mol. The molecular weight excluding hydrogens is 214 g/mol. The molecule has 1 rings (SSSR count). The Labute approximate surface area is 102 Å². The molecular formula is C14H17NO2. The molecule has 90 valence electrons. The summed E-state index contributed by atoms with van der Waals surface area (Å²) in [7, 11) is 0. The number of hydrogen-bond acceptors (Lipinski definition) is 3. The molecule has 1 aromatic rings. The minimum Gasteiger partial charge on any atom is -0.479 e. The molecule has 1 aromatic carbocycles. The summed E-state index contributed by atoms with van der Waals surface area (Å²) in [6.45, 7) is 4.23. The van der Waals surface area contributed by atoms with Gasteiger partial charge in [0, 0.05) is 0 Å². The van der Waals surface area contributed by atoms with E-state index in [0.29, 0.717) is 11.7 Å². The lowest BCUT2D eigenvalue weighted by molar-refractivity contribution is 0.320. The van der Waals surface area contributed by atoms with E-state index in [2.05, 4.69) is 0 Å². The van der Waals surface area contributed by atoms with Gasteiger partial charge in [0.05, 0.1) is 6.61 Å². The normalized spacial score (nSPS) is 11.4. The van der Waals surface area contributed by atoms with Crippen LogP contribution in [-0.4, -0.2) is 18.3 Å².